The van der Waals surface area contributed by atoms with Crippen molar-refractivity contribution in [3.63, 3.8) is 0 Å². The number of hydrogen-bond donors (Lipinski definition) is 0. The number of benzene rings is 1. The Morgan fingerprint density at radius 2 is 1.26 bits per heavy atom. The van der Waals surface area contributed by atoms with Crippen molar-refractivity contribution < 1.29 is 19.1 Å². The van der Waals surface area contributed by atoms with Crippen molar-refractivity contribution in [1.82, 2.24) is 9.97 Å². The molecule has 6 heteroatoms. The number of carbonyl (C=O) groups excluding carboxylic acids is 2. The van der Waals surface area contributed by atoms with Crippen molar-refractivity contribution in [2.45, 2.75) is 90.9 Å². The fraction of sp³-hybridized carbons (Fsp3) is 0.571. The Hall–Kier alpha value is -2.76. The summed E-state index contributed by atoms with van der Waals surface area (Å²) in [5.41, 5.74) is 1.76. The fourth-order valence-electron chi connectivity index (χ4n) is 3.75. The Morgan fingerprint density at radius 3 is 1.82 bits per heavy atom. The molecule has 1 heterocycles. The van der Waals surface area contributed by atoms with Gasteiger partial charge in [-0.2, -0.15) is 0 Å². The van der Waals surface area contributed by atoms with Crippen LogP contribution < -0.4 is 0 Å². The van der Waals surface area contributed by atoms with E-state index in [1.807, 2.05) is 0 Å². The van der Waals surface area contributed by atoms with E-state index in [4.69, 9.17) is 9.47 Å². The molecule has 0 bridgehead atoms. The molecule has 0 aliphatic heterocycles. The van der Waals surface area contributed by atoms with E-state index in [9.17, 15) is 9.59 Å². The van der Waals surface area contributed by atoms with E-state index >= 15 is 0 Å². The highest BCUT2D eigenvalue weighted by molar-refractivity contribution is 6.04. The van der Waals surface area contributed by atoms with Gasteiger partial charge in [0.05, 0.1) is 36.2 Å². The van der Waals surface area contributed by atoms with Gasteiger partial charge in [-0.05, 0) is 25.0 Å². The van der Waals surface area contributed by atoms with Crippen LogP contribution in [0.4, 0.5) is 0 Å². The maximum Gasteiger partial charge on any atom is 0.339 e. The summed E-state index contributed by atoms with van der Waals surface area (Å²) in [7, 11) is 0. The van der Waals surface area contributed by atoms with Crippen LogP contribution >= 0.6 is 0 Å². The van der Waals surface area contributed by atoms with Crippen LogP contribution in [0.2, 0.25) is 0 Å². The van der Waals surface area contributed by atoms with Gasteiger partial charge in [-0.3, -0.25) is 9.97 Å². The summed E-state index contributed by atoms with van der Waals surface area (Å²) in [4.78, 5) is 34.1. The maximum absolute atomic E-state index is 12.9. The second-order valence-corrected chi connectivity index (χ2v) is 8.66. The number of nitrogens with zero attached hydrogens (tertiary/aromatic N) is 2. The molecule has 0 saturated carbocycles. The van der Waals surface area contributed by atoms with Gasteiger partial charge in [-0.25, -0.2) is 9.59 Å². The molecule has 6 nitrogen and oxygen atoms in total. The first-order valence-corrected chi connectivity index (χ1v) is 12.9. The predicted octanol–water partition coefficient (Wildman–Crippen LogP) is 7.18. The van der Waals surface area contributed by atoms with Crippen LogP contribution in [0, 0.1) is 0 Å². The topological polar surface area (TPSA) is 78.4 Å². The zero-order valence-corrected chi connectivity index (χ0v) is 20.9. The fourth-order valence-corrected chi connectivity index (χ4v) is 3.75. The number of unbranched alkanes of at least 4 members (excludes halogenated alkanes) is 10. The Kier molecular flexibility index (Phi) is 13.6. The Balaban J connectivity index is 2.00. The van der Waals surface area contributed by atoms with Crippen molar-refractivity contribution in [2.24, 2.45) is 0 Å². The Labute approximate surface area is 204 Å². The molecule has 0 N–H and O–H groups in total. The molecule has 0 aliphatic rings. The van der Waals surface area contributed by atoms with E-state index in [0.717, 1.165) is 38.5 Å². The van der Waals surface area contributed by atoms with Gasteiger partial charge in [0.1, 0.15) is 0 Å². The van der Waals surface area contributed by atoms with Crippen LogP contribution in [0.1, 0.15) is 112 Å². The number of ether oxygens (including phenoxy) is 2. The van der Waals surface area contributed by atoms with Crippen LogP contribution in [-0.2, 0) is 9.47 Å². The molecule has 0 amide bonds. The summed E-state index contributed by atoms with van der Waals surface area (Å²) in [6, 6.07) is 5.03. The monoisotopic (exact) mass is 468 g/mol. The predicted molar refractivity (Wildman–Crippen MR) is 135 cm³/mol. The average Bonchev–Trinajstić information content (AvgIpc) is 2.87. The molecule has 0 atom stereocenters. The van der Waals surface area contributed by atoms with Gasteiger partial charge in [0, 0.05) is 18.0 Å². The van der Waals surface area contributed by atoms with Gasteiger partial charge >= 0.3 is 11.9 Å². The van der Waals surface area contributed by atoms with Crippen LogP contribution in [0.5, 0.6) is 0 Å². The molecular weight excluding hydrogens is 428 g/mol. The minimum absolute atomic E-state index is 0.210. The third-order valence-electron chi connectivity index (χ3n) is 5.78. The molecule has 0 spiro atoms. The zero-order valence-electron chi connectivity index (χ0n) is 20.9. The van der Waals surface area contributed by atoms with Crippen molar-refractivity contribution in [3.05, 3.63) is 47.9 Å². The SMILES string of the molecule is CCCCCCCCOC(=O)c1ccc(-c2cnccn2)cc1C(=O)OCCCCCCCC. The van der Waals surface area contributed by atoms with Crippen molar-refractivity contribution >= 4 is 11.9 Å². The van der Waals surface area contributed by atoms with Gasteiger partial charge in [0.2, 0.25) is 0 Å². The maximum atomic E-state index is 12.9. The summed E-state index contributed by atoms with van der Waals surface area (Å²) in [5.74, 6) is -1.00. The first-order chi connectivity index (χ1) is 16.7. The third kappa shape index (κ3) is 10.0. The minimum Gasteiger partial charge on any atom is -0.462 e. The average molecular weight is 469 g/mol. The summed E-state index contributed by atoms with van der Waals surface area (Å²) < 4.78 is 11.0. The van der Waals surface area contributed by atoms with Crippen LogP contribution in [0.15, 0.2) is 36.8 Å². The van der Waals surface area contributed by atoms with Crippen molar-refractivity contribution in [1.29, 1.82) is 0 Å². The van der Waals surface area contributed by atoms with Gasteiger partial charge in [0.15, 0.2) is 0 Å². The van der Waals surface area contributed by atoms with Crippen LogP contribution in [0.25, 0.3) is 11.3 Å². The third-order valence-corrected chi connectivity index (χ3v) is 5.78. The highest BCUT2D eigenvalue weighted by Gasteiger charge is 2.21. The summed E-state index contributed by atoms with van der Waals surface area (Å²) in [6.07, 6.45) is 18.1. The number of carbonyl (C=O) groups is 2. The zero-order chi connectivity index (χ0) is 24.4. The summed E-state index contributed by atoms with van der Waals surface area (Å²) >= 11 is 0. The number of aromatic nitrogens is 2. The van der Waals surface area contributed by atoms with E-state index < -0.39 is 11.9 Å². The smallest absolute Gasteiger partial charge is 0.339 e. The molecule has 34 heavy (non-hydrogen) atoms. The lowest BCUT2D eigenvalue weighted by molar-refractivity contribution is 0.0450. The highest BCUT2D eigenvalue weighted by atomic mass is 16.5. The number of esters is 2. The van der Waals surface area contributed by atoms with Crippen LogP contribution in [0.3, 0.4) is 0 Å². The second-order valence-electron chi connectivity index (χ2n) is 8.66. The van der Waals surface area contributed by atoms with E-state index in [-0.39, 0.29) is 11.1 Å². The van der Waals surface area contributed by atoms with Gasteiger partial charge in [-0.15, -0.1) is 0 Å². The molecule has 0 unspecified atom stereocenters. The molecule has 1 aromatic heterocycles. The Morgan fingerprint density at radius 1 is 0.706 bits per heavy atom. The minimum atomic E-state index is -0.509. The quantitative estimate of drug-likeness (QED) is 0.181. The first kappa shape index (κ1) is 27.5. The molecule has 186 valence electrons. The molecule has 0 aliphatic carbocycles. The lowest BCUT2D eigenvalue weighted by Crippen LogP contribution is -2.15. The summed E-state index contributed by atoms with van der Waals surface area (Å²) in [5, 5.41) is 0. The first-order valence-electron chi connectivity index (χ1n) is 12.9. The van der Waals surface area contributed by atoms with Crippen LogP contribution in [-0.4, -0.2) is 35.1 Å². The van der Waals surface area contributed by atoms with Crippen molar-refractivity contribution in [2.75, 3.05) is 13.2 Å². The van der Waals surface area contributed by atoms with Gasteiger partial charge < -0.3 is 9.47 Å². The van der Waals surface area contributed by atoms with E-state index in [0.29, 0.717) is 24.5 Å². The van der Waals surface area contributed by atoms with E-state index in [1.165, 1.54) is 38.5 Å². The second kappa shape index (κ2) is 16.8. The van der Waals surface area contributed by atoms with E-state index in [1.54, 1.807) is 36.8 Å². The molecule has 2 aromatic rings. The normalized spacial score (nSPS) is 10.8. The molecule has 0 fully saturated rings. The van der Waals surface area contributed by atoms with Crippen molar-refractivity contribution in [3.8, 4) is 11.3 Å². The van der Waals surface area contributed by atoms with Gasteiger partial charge in [0.25, 0.3) is 0 Å². The molecule has 1 aromatic carbocycles. The molecule has 2 rings (SSSR count). The molecule has 0 radical (unpaired) electrons. The van der Waals surface area contributed by atoms with Gasteiger partial charge in [-0.1, -0.05) is 84.1 Å². The molecule has 0 saturated heterocycles. The van der Waals surface area contributed by atoms with E-state index in [2.05, 4.69) is 23.8 Å². The standard InChI is InChI=1S/C28H40N2O4/c1-3-5-7-9-11-13-19-33-27(31)24-16-15-23(26-22-29-17-18-30-26)21-25(24)28(32)34-20-14-12-10-8-6-4-2/h15-18,21-22H,3-14,19-20H2,1-2H3. The largest absolute Gasteiger partial charge is 0.462 e. The number of hydrogen-bond acceptors (Lipinski definition) is 6. The summed E-state index contributed by atoms with van der Waals surface area (Å²) in [6.45, 7) is 5.07. The Bertz CT molecular complexity index is 855. The number of rotatable bonds is 17. The lowest BCUT2D eigenvalue weighted by atomic mass is 10.0. The highest BCUT2D eigenvalue weighted by Crippen LogP contribution is 2.22. The lowest BCUT2D eigenvalue weighted by Gasteiger charge is -2.12. The molecular formula is C28H40N2O4.